The van der Waals surface area contributed by atoms with Gasteiger partial charge in [-0.2, -0.15) is 0 Å². The summed E-state index contributed by atoms with van der Waals surface area (Å²) < 4.78 is 10.6. The maximum atomic E-state index is 12.4. The van der Waals surface area contributed by atoms with E-state index in [4.69, 9.17) is 9.47 Å². The summed E-state index contributed by atoms with van der Waals surface area (Å²) in [7, 11) is 0. The number of ether oxygens (including phenoxy) is 2. The van der Waals surface area contributed by atoms with E-state index >= 15 is 0 Å². The summed E-state index contributed by atoms with van der Waals surface area (Å²) >= 11 is 0. The highest BCUT2D eigenvalue weighted by atomic mass is 16.6. The number of carbonyl (C=O) groups is 2. The first kappa shape index (κ1) is 18.3. The average Bonchev–Trinajstić information content (AvgIpc) is 3.32. The molecule has 132 valence electrons. The Morgan fingerprint density at radius 1 is 1.21 bits per heavy atom. The van der Waals surface area contributed by atoms with Crippen LogP contribution in [0.1, 0.15) is 52.0 Å². The number of esters is 1. The summed E-state index contributed by atoms with van der Waals surface area (Å²) in [6.07, 6.45) is 3.33. The smallest absolute Gasteiger partial charge is 0.408 e. The van der Waals surface area contributed by atoms with Crippen molar-refractivity contribution < 1.29 is 19.1 Å². The summed E-state index contributed by atoms with van der Waals surface area (Å²) in [5.41, 5.74) is 0.322. The second-order valence-corrected chi connectivity index (χ2v) is 7.31. The Morgan fingerprint density at radius 2 is 1.88 bits per heavy atom. The van der Waals surface area contributed by atoms with Crippen LogP contribution in [0, 0.1) is 5.92 Å². The molecule has 0 aliphatic heterocycles. The zero-order valence-electron chi connectivity index (χ0n) is 14.7. The van der Waals surface area contributed by atoms with Gasteiger partial charge in [0.15, 0.2) is 0 Å². The van der Waals surface area contributed by atoms with E-state index in [9.17, 15) is 9.59 Å². The number of nitrogens with one attached hydrogen (secondary N) is 1. The number of alkyl carbamates (subject to hydrolysis) is 1. The van der Waals surface area contributed by atoms with Crippen molar-refractivity contribution in [1.29, 1.82) is 0 Å². The third-order valence-electron chi connectivity index (χ3n) is 3.76. The Morgan fingerprint density at radius 3 is 2.46 bits per heavy atom. The van der Waals surface area contributed by atoms with E-state index in [1.165, 1.54) is 12.8 Å². The van der Waals surface area contributed by atoms with Gasteiger partial charge in [0, 0.05) is 0 Å². The third kappa shape index (κ3) is 7.02. The fourth-order valence-electron chi connectivity index (χ4n) is 2.34. The van der Waals surface area contributed by atoms with Crippen molar-refractivity contribution >= 4 is 12.1 Å². The number of benzene rings is 1. The molecule has 1 aliphatic rings. The predicted molar refractivity (Wildman–Crippen MR) is 91.4 cm³/mol. The van der Waals surface area contributed by atoms with Crippen LogP contribution in [-0.4, -0.2) is 23.7 Å². The molecular weight excluding hydrogens is 306 g/mol. The summed E-state index contributed by atoms with van der Waals surface area (Å²) in [4.78, 5) is 24.3. The Kier molecular flexibility index (Phi) is 6.23. The largest absolute Gasteiger partial charge is 0.459 e. The van der Waals surface area contributed by atoms with Crippen molar-refractivity contribution in [2.24, 2.45) is 5.92 Å². The number of amides is 1. The molecule has 1 saturated carbocycles. The molecule has 0 unspecified atom stereocenters. The van der Waals surface area contributed by atoms with E-state index in [1.807, 2.05) is 30.3 Å². The Bertz CT molecular complexity index is 546. The van der Waals surface area contributed by atoms with Gasteiger partial charge in [-0.05, 0) is 45.1 Å². The lowest BCUT2D eigenvalue weighted by Gasteiger charge is -2.23. The topological polar surface area (TPSA) is 64.6 Å². The SMILES string of the molecule is CC(C)(C)OC(=O)N[C@@H](CCC1CC1)C(=O)OCc1ccccc1. The van der Waals surface area contributed by atoms with Crippen LogP contribution >= 0.6 is 0 Å². The third-order valence-corrected chi connectivity index (χ3v) is 3.76. The fraction of sp³-hybridized carbons (Fsp3) is 0.579. The van der Waals surface area contributed by atoms with Crippen molar-refractivity contribution in [2.75, 3.05) is 0 Å². The lowest BCUT2D eigenvalue weighted by molar-refractivity contribution is -0.147. The van der Waals surface area contributed by atoms with Gasteiger partial charge in [-0.15, -0.1) is 0 Å². The number of carbonyl (C=O) groups excluding carboxylic acids is 2. The normalized spacial score (nSPS) is 15.5. The first-order valence-electron chi connectivity index (χ1n) is 8.53. The number of rotatable bonds is 7. The van der Waals surface area contributed by atoms with E-state index < -0.39 is 23.7 Å². The molecule has 24 heavy (non-hydrogen) atoms. The van der Waals surface area contributed by atoms with Gasteiger partial charge < -0.3 is 14.8 Å². The van der Waals surface area contributed by atoms with Crippen molar-refractivity contribution in [3.63, 3.8) is 0 Å². The van der Waals surface area contributed by atoms with Gasteiger partial charge in [-0.3, -0.25) is 0 Å². The second kappa shape index (κ2) is 8.18. The highest BCUT2D eigenvalue weighted by Gasteiger charge is 2.29. The van der Waals surface area contributed by atoms with Gasteiger partial charge in [0.2, 0.25) is 0 Å². The summed E-state index contributed by atoms with van der Waals surface area (Å²) in [5.74, 6) is 0.264. The van der Waals surface area contributed by atoms with Crippen LogP contribution in [0.4, 0.5) is 4.79 Å². The van der Waals surface area contributed by atoms with Gasteiger partial charge in [0.25, 0.3) is 0 Å². The maximum absolute atomic E-state index is 12.4. The molecule has 5 heteroatoms. The van der Waals surface area contributed by atoms with Crippen LogP contribution in [0.3, 0.4) is 0 Å². The molecule has 0 aromatic heterocycles. The molecule has 0 saturated heterocycles. The van der Waals surface area contributed by atoms with Gasteiger partial charge in [0.1, 0.15) is 18.2 Å². The van der Waals surface area contributed by atoms with Crippen molar-refractivity contribution in [3.8, 4) is 0 Å². The molecular formula is C19H27NO4. The molecule has 1 aromatic carbocycles. The molecule has 1 fully saturated rings. The molecule has 1 atom stereocenters. The van der Waals surface area contributed by atoms with Gasteiger partial charge in [-0.25, -0.2) is 9.59 Å². The first-order valence-corrected chi connectivity index (χ1v) is 8.53. The van der Waals surface area contributed by atoms with Crippen molar-refractivity contribution in [1.82, 2.24) is 5.32 Å². The van der Waals surface area contributed by atoms with Crippen molar-refractivity contribution in [3.05, 3.63) is 35.9 Å². The highest BCUT2D eigenvalue weighted by molar-refractivity contribution is 5.81. The molecule has 1 amide bonds. The molecule has 1 aliphatic carbocycles. The van der Waals surface area contributed by atoms with Crippen LogP contribution < -0.4 is 5.32 Å². The Hall–Kier alpha value is -2.04. The minimum absolute atomic E-state index is 0.204. The monoisotopic (exact) mass is 333 g/mol. The molecule has 1 aromatic rings. The standard InChI is InChI=1S/C19H27NO4/c1-19(2,3)24-18(22)20-16(12-11-14-9-10-14)17(21)23-13-15-7-5-4-6-8-15/h4-8,14,16H,9-13H2,1-3H3,(H,20,22)/t16-/m0/s1. The molecule has 0 spiro atoms. The fourth-order valence-corrected chi connectivity index (χ4v) is 2.34. The Labute approximate surface area is 143 Å². The predicted octanol–water partition coefficient (Wildman–Crippen LogP) is 3.81. The molecule has 0 bridgehead atoms. The average molecular weight is 333 g/mol. The quantitative estimate of drug-likeness (QED) is 0.771. The lowest BCUT2D eigenvalue weighted by atomic mass is 10.1. The maximum Gasteiger partial charge on any atom is 0.408 e. The molecule has 0 heterocycles. The van der Waals surface area contributed by atoms with E-state index in [0.717, 1.165) is 12.0 Å². The van der Waals surface area contributed by atoms with Gasteiger partial charge >= 0.3 is 12.1 Å². The lowest BCUT2D eigenvalue weighted by Crippen LogP contribution is -2.44. The highest BCUT2D eigenvalue weighted by Crippen LogP contribution is 2.34. The van der Waals surface area contributed by atoms with E-state index in [2.05, 4.69) is 5.32 Å². The zero-order valence-corrected chi connectivity index (χ0v) is 14.7. The number of hydrogen-bond donors (Lipinski definition) is 1. The summed E-state index contributed by atoms with van der Waals surface area (Å²) in [6, 6.07) is 8.83. The van der Waals surface area contributed by atoms with E-state index in [1.54, 1.807) is 20.8 Å². The summed E-state index contributed by atoms with van der Waals surface area (Å²) in [5, 5.41) is 2.66. The van der Waals surface area contributed by atoms with Crippen LogP contribution in [0.25, 0.3) is 0 Å². The van der Waals surface area contributed by atoms with E-state index in [-0.39, 0.29) is 6.61 Å². The molecule has 5 nitrogen and oxygen atoms in total. The van der Waals surface area contributed by atoms with Crippen LogP contribution in [0.2, 0.25) is 0 Å². The van der Waals surface area contributed by atoms with Gasteiger partial charge in [-0.1, -0.05) is 43.2 Å². The molecule has 0 radical (unpaired) electrons. The van der Waals surface area contributed by atoms with Crippen LogP contribution in [0.5, 0.6) is 0 Å². The van der Waals surface area contributed by atoms with Crippen LogP contribution in [0.15, 0.2) is 30.3 Å². The molecule has 1 N–H and O–H groups in total. The van der Waals surface area contributed by atoms with Gasteiger partial charge in [0.05, 0.1) is 0 Å². The van der Waals surface area contributed by atoms with E-state index in [0.29, 0.717) is 12.3 Å². The zero-order chi connectivity index (χ0) is 17.6. The molecule has 2 rings (SSSR count). The van der Waals surface area contributed by atoms with Crippen molar-refractivity contribution in [2.45, 2.75) is 64.7 Å². The second-order valence-electron chi connectivity index (χ2n) is 7.31. The number of hydrogen-bond acceptors (Lipinski definition) is 4. The first-order chi connectivity index (χ1) is 11.3. The minimum atomic E-state index is -0.663. The Balaban J connectivity index is 1.88. The summed E-state index contributed by atoms with van der Waals surface area (Å²) in [6.45, 7) is 5.58. The minimum Gasteiger partial charge on any atom is -0.459 e. The van der Waals surface area contributed by atoms with Crippen LogP contribution in [-0.2, 0) is 20.9 Å².